The molecule has 0 unspecified atom stereocenters. The average molecular weight is 418 g/mol. The summed E-state index contributed by atoms with van der Waals surface area (Å²) in [6.07, 6.45) is 3.12. The van der Waals surface area contributed by atoms with Gasteiger partial charge in [0, 0.05) is 11.1 Å². The molecule has 6 heteroatoms. The van der Waals surface area contributed by atoms with Gasteiger partial charge in [-0.1, -0.05) is 6.07 Å². The van der Waals surface area contributed by atoms with E-state index in [-0.39, 0.29) is 5.78 Å². The van der Waals surface area contributed by atoms with E-state index in [1.54, 1.807) is 87.0 Å². The molecule has 0 fully saturated rings. The molecule has 0 spiro atoms. The van der Waals surface area contributed by atoms with Crippen molar-refractivity contribution in [3.05, 3.63) is 89.5 Å². The Hall–Kier alpha value is -4.06. The first-order valence-corrected chi connectivity index (χ1v) is 9.45. The molecule has 0 amide bonds. The van der Waals surface area contributed by atoms with Gasteiger partial charge in [-0.05, 0) is 72.8 Å². The average Bonchev–Trinajstić information content (AvgIpc) is 2.82. The van der Waals surface area contributed by atoms with Crippen LogP contribution in [0.25, 0.3) is 6.08 Å². The van der Waals surface area contributed by atoms with Crippen molar-refractivity contribution >= 4 is 17.8 Å². The van der Waals surface area contributed by atoms with Crippen molar-refractivity contribution in [3.8, 4) is 23.0 Å². The van der Waals surface area contributed by atoms with E-state index < -0.39 is 5.97 Å². The van der Waals surface area contributed by atoms with Crippen molar-refractivity contribution in [1.29, 1.82) is 0 Å². The molecule has 0 aliphatic heterocycles. The Morgan fingerprint density at radius 2 is 1.39 bits per heavy atom. The molecule has 3 aromatic rings. The Kier molecular flexibility index (Phi) is 7.06. The van der Waals surface area contributed by atoms with E-state index in [4.69, 9.17) is 18.9 Å². The minimum Gasteiger partial charge on any atom is -0.497 e. The maximum absolute atomic E-state index is 12.5. The molecule has 0 saturated heterocycles. The molecule has 6 nitrogen and oxygen atoms in total. The number of ketones is 1. The minimum absolute atomic E-state index is 0.199. The summed E-state index contributed by atoms with van der Waals surface area (Å²) in [5, 5.41) is 0. The Labute approximate surface area is 180 Å². The van der Waals surface area contributed by atoms with Crippen LogP contribution in [0.4, 0.5) is 0 Å². The molecule has 31 heavy (non-hydrogen) atoms. The first-order valence-electron chi connectivity index (χ1n) is 9.45. The van der Waals surface area contributed by atoms with Crippen LogP contribution in [0.15, 0.2) is 72.8 Å². The highest BCUT2D eigenvalue weighted by Crippen LogP contribution is 2.25. The molecule has 0 heterocycles. The Morgan fingerprint density at radius 3 is 2.06 bits per heavy atom. The zero-order chi connectivity index (χ0) is 22.2. The van der Waals surface area contributed by atoms with Crippen molar-refractivity contribution < 1.29 is 28.5 Å². The lowest BCUT2D eigenvalue weighted by atomic mass is 10.1. The van der Waals surface area contributed by atoms with Crippen molar-refractivity contribution in [3.63, 3.8) is 0 Å². The van der Waals surface area contributed by atoms with E-state index >= 15 is 0 Å². The summed E-state index contributed by atoms with van der Waals surface area (Å²) in [6.45, 7) is 0. The van der Waals surface area contributed by atoms with Crippen molar-refractivity contribution in [2.75, 3.05) is 21.3 Å². The first-order chi connectivity index (χ1) is 15.0. The highest BCUT2D eigenvalue weighted by atomic mass is 16.5. The second-order valence-electron chi connectivity index (χ2n) is 6.45. The predicted molar refractivity (Wildman–Crippen MR) is 117 cm³/mol. The fourth-order valence-corrected chi connectivity index (χ4v) is 2.83. The van der Waals surface area contributed by atoms with Gasteiger partial charge in [-0.3, -0.25) is 4.79 Å². The van der Waals surface area contributed by atoms with Gasteiger partial charge in [0.15, 0.2) is 5.78 Å². The summed E-state index contributed by atoms with van der Waals surface area (Å²) < 4.78 is 21.0. The summed E-state index contributed by atoms with van der Waals surface area (Å²) in [5.74, 6) is 1.48. The third-order valence-electron chi connectivity index (χ3n) is 4.51. The molecule has 3 rings (SSSR count). The maximum Gasteiger partial charge on any atom is 0.343 e. The molecule has 0 aromatic heterocycles. The summed E-state index contributed by atoms with van der Waals surface area (Å²) in [4.78, 5) is 24.8. The molecule has 0 atom stereocenters. The largest absolute Gasteiger partial charge is 0.497 e. The normalized spacial score (nSPS) is 10.5. The number of allylic oxidation sites excluding steroid dienone is 1. The number of esters is 1. The molecular weight excluding hydrogens is 396 g/mol. The fraction of sp³-hybridized carbons (Fsp3) is 0.120. The third-order valence-corrected chi connectivity index (χ3v) is 4.51. The molecule has 0 saturated carbocycles. The fourth-order valence-electron chi connectivity index (χ4n) is 2.83. The van der Waals surface area contributed by atoms with E-state index in [1.165, 1.54) is 13.2 Å². The van der Waals surface area contributed by atoms with E-state index in [0.29, 0.717) is 34.1 Å². The Bertz CT molecular complexity index is 1100. The van der Waals surface area contributed by atoms with Gasteiger partial charge >= 0.3 is 5.97 Å². The Morgan fingerprint density at radius 1 is 0.710 bits per heavy atom. The minimum atomic E-state index is -0.511. The van der Waals surface area contributed by atoms with Crippen LogP contribution in [-0.2, 0) is 0 Å². The molecule has 0 radical (unpaired) electrons. The van der Waals surface area contributed by atoms with Crippen LogP contribution in [0.2, 0.25) is 0 Å². The summed E-state index contributed by atoms with van der Waals surface area (Å²) in [7, 11) is 4.66. The van der Waals surface area contributed by atoms with Crippen LogP contribution >= 0.6 is 0 Å². The SMILES string of the molecule is COc1cccc(C(=O)Oc2ccc(C(=O)/C=C/c3cc(OC)ccc3OC)cc2)c1. The van der Waals surface area contributed by atoms with E-state index in [1.807, 2.05) is 0 Å². The predicted octanol–water partition coefficient (Wildman–Crippen LogP) is 4.83. The number of rotatable bonds is 8. The second kappa shape index (κ2) is 10.1. The lowest BCUT2D eigenvalue weighted by molar-refractivity contribution is 0.0734. The van der Waals surface area contributed by atoms with Crippen molar-refractivity contribution in [1.82, 2.24) is 0 Å². The topological polar surface area (TPSA) is 71.1 Å². The molecule has 0 aliphatic rings. The smallest absolute Gasteiger partial charge is 0.343 e. The van der Waals surface area contributed by atoms with Crippen LogP contribution in [0.5, 0.6) is 23.0 Å². The molecular formula is C25H22O6. The van der Waals surface area contributed by atoms with Crippen LogP contribution < -0.4 is 18.9 Å². The molecule has 158 valence electrons. The summed E-state index contributed by atoms with van der Waals surface area (Å²) in [6, 6.07) is 18.4. The van der Waals surface area contributed by atoms with Crippen LogP contribution in [0.1, 0.15) is 26.3 Å². The monoisotopic (exact) mass is 418 g/mol. The van der Waals surface area contributed by atoms with Crippen molar-refractivity contribution in [2.45, 2.75) is 0 Å². The van der Waals surface area contributed by atoms with E-state index in [9.17, 15) is 9.59 Å². The number of methoxy groups -OCH3 is 3. The number of benzene rings is 3. The first kappa shape index (κ1) is 21.6. The van der Waals surface area contributed by atoms with E-state index in [2.05, 4.69) is 0 Å². The highest BCUT2D eigenvalue weighted by Gasteiger charge is 2.11. The molecule has 0 N–H and O–H groups in total. The molecule has 0 aliphatic carbocycles. The van der Waals surface area contributed by atoms with Gasteiger partial charge in [0.25, 0.3) is 0 Å². The van der Waals surface area contributed by atoms with Gasteiger partial charge < -0.3 is 18.9 Å². The van der Waals surface area contributed by atoms with Gasteiger partial charge in [0.2, 0.25) is 0 Å². The number of hydrogen-bond acceptors (Lipinski definition) is 6. The zero-order valence-corrected chi connectivity index (χ0v) is 17.5. The third kappa shape index (κ3) is 5.51. The Balaban J connectivity index is 1.69. The van der Waals surface area contributed by atoms with Gasteiger partial charge in [-0.2, -0.15) is 0 Å². The number of carbonyl (C=O) groups excluding carboxylic acids is 2. The second-order valence-corrected chi connectivity index (χ2v) is 6.45. The highest BCUT2D eigenvalue weighted by molar-refractivity contribution is 6.07. The number of carbonyl (C=O) groups is 2. The number of hydrogen-bond donors (Lipinski definition) is 0. The standard InChI is InChI=1S/C25H22O6/c1-28-21-6-4-5-19(16-21)25(27)31-20-10-7-17(8-11-20)23(26)13-9-18-15-22(29-2)12-14-24(18)30-3/h4-16H,1-3H3/b13-9+. The van der Waals surface area contributed by atoms with Crippen LogP contribution in [-0.4, -0.2) is 33.1 Å². The van der Waals surface area contributed by atoms with Gasteiger partial charge in [-0.15, -0.1) is 0 Å². The van der Waals surface area contributed by atoms with Crippen LogP contribution in [0, 0.1) is 0 Å². The van der Waals surface area contributed by atoms with Gasteiger partial charge in [-0.25, -0.2) is 4.79 Å². The van der Waals surface area contributed by atoms with Crippen LogP contribution in [0.3, 0.4) is 0 Å². The van der Waals surface area contributed by atoms with Gasteiger partial charge in [0.05, 0.1) is 26.9 Å². The van der Waals surface area contributed by atoms with Crippen molar-refractivity contribution in [2.24, 2.45) is 0 Å². The number of ether oxygens (including phenoxy) is 4. The summed E-state index contributed by atoms with van der Waals surface area (Å²) in [5.41, 5.74) is 1.55. The molecule has 3 aromatic carbocycles. The quantitative estimate of drug-likeness (QED) is 0.226. The maximum atomic E-state index is 12.5. The van der Waals surface area contributed by atoms with Gasteiger partial charge in [0.1, 0.15) is 23.0 Å². The molecule has 0 bridgehead atoms. The van der Waals surface area contributed by atoms with E-state index in [0.717, 1.165) is 5.56 Å². The summed E-state index contributed by atoms with van der Waals surface area (Å²) >= 11 is 0. The lowest BCUT2D eigenvalue weighted by Crippen LogP contribution is -2.08. The zero-order valence-electron chi connectivity index (χ0n) is 17.5. The lowest BCUT2D eigenvalue weighted by Gasteiger charge is -2.07.